The van der Waals surface area contributed by atoms with Crippen molar-refractivity contribution in [1.82, 2.24) is 4.31 Å². The summed E-state index contributed by atoms with van der Waals surface area (Å²) in [6, 6.07) is 6.98. The van der Waals surface area contributed by atoms with E-state index < -0.39 is 9.71 Å². The third-order valence-electron chi connectivity index (χ3n) is 2.06. The van der Waals surface area contributed by atoms with E-state index in [1.807, 2.05) is 0 Å². The number of hydrogen-bond donors (Lipinski definition) is 1. The lowest BCUT2D eigenvalue weighted by Crippen LogP contribution is -2.23. The van der Waals surface area contributed by atoms with Crippen LogP contribution in [-0.4, -0.2) is 41.0 Å². The predicted octanol–water partition coefficient (Wildman–Crippen LogP) is -0.792. The van der Waals surface area contributed by atoms with E-state index in [1.54, 1.807) is 42.7 Å². The lowest BCUT2D eigenvalue weighted by atomic mass is 9.89. The summed E-state index contributed by atoms with van der Waals surface area (Å²) in [7, 11) is 1.11. The molecule has 76 valence electrons. The molecular formula is C9H14BNO2S. The van der Waals surface area contributed by atoms with E-state index in [4.69, 9.17) is 5.02 Å². The van der Waals surface area contributed by atoms with E-state index in [0.717, 1.165) is 5.46 Å². The Morgan fingerprint density at radius 3 is 2.21 bits per heavy atom. The van der Waals surface area contributed by atoms with Crippen molar-refractivity contribution < 1.29 is 9.23 Å². The van der Waals surface area contributed by atoms with Crippen molar-refractivity contribution in [3.8, 4) is 0 Å². The molecule has 1 unspecified atom stereocenters. The third-order valence-corrected chi connectivity index (χ3v) is 4.25. The van der Waals surface area contributed by atoms with Gasteiger partial charge >= 0.3 is 7.48 Å². The first-order chi connectivity index (χ1) is 6.48. The standard InChI is InChI=1S/C9H14BNO2S/c1-11(2)14(3,13)9-6-4-8(10-12)5-7-9/h4-7,10,12H,3H2,1-2H3. The highest BCUT2D eigenvalue weighted by atomic mass is 32.2. The molecule has 3 nitrogen and oxygen atoms in total. The van der Waals surface area contributed by atoms with Gasteiger partial charge in [0.2, 0.25) is 0 Å². The van der Waals surface area contributed by atoms with Crippen LogP contribution in [0.1, 0.15) is 0 Å². The van der Waals surface area contributed by atoms with Gasteiger partial charge < -0.3 is 5.02 Å². The van der Waals surface area contributed by atoms with Crippen LogP contribution in [0.2, 0.25) is 0 Å². The predicted molar refractivity (Wildman–Crippen MR) is 62.7 cm³/mol. The SMILES string of the molecule is C=S(=O)(c1ccc(BO)cc1)N(C)C. The Labute approximate surface area is 85.8 Å². The van der Waals surface area contributed by atoms with E-state index in [2.05, 4.69) is 5.87 Å². The lowest BCUT2D eigenvalue weighted by Gasteiger charge is -2.16. The molecule has 0 aliphatic carbocycles. The van der Waals surface area contributed by atoms with Gasteiger partial charge in [0.1, 0.15) is 0 Å². The van der Waals surface area contributed by atoms with Gasteiger partial charge in [-0.25, -0.2) is 8.51 Å². The van der Waals surface area contributed by atoms with Crippen molar-refractivity contribution in [3.63, 3.8) is 0 Å². The van der Waals surface area contributed by atoms with Crippen LogP contribution in [0.15, 0.2) is 29.2 Å². The van der Waals surface area contributed by atoms with Gasteiger partial charge in [-0.05, 0) is 32.1 Å². The molecule has 0 saturated carbocycles. The minimum Gasteiger partial charge on any atom is -0.449 e. The Hall–Kier alpha value is -0.775. The van der Waals surface area contributed by atoms with Crippen molar-refractivity contribution in [1.29, 1.82) is 0 Å². The van der Waals surface area contributed by atoms with Crippen LogP contribution in [0.5, 0.6) is 0 Å². The minimum absolute atomic E-state index is 0.000573. The molecule has 1 aromatic rings. The van der Waals surface area contributed by atoms with Crippen LogP contribution in [0, 0.1) is 0 Å². The summed E-state index contributed by atoms with van der Waals surface area (Å²) in [6.07, 6.45) is 0. The summed E-state index contributed by atoms with van der Waals surface area (Å²) in [6.45, 7) is 0. The van der Waals surface area contributed by atoms with E-state index in [0.29, 0.717) is 4.90 Å². The number of hydrogen-bond acceptors (Lipinski definition) is 2. The van der Waals surface area contributed by atoms with Crippen LogP contribution in [0.3, 0.4) is 0 Å². The average Bonchev–Trinajstić information content (AvgIpc) is 2.17. The Morgan fingerprint density at radius 1 is 1.36 bits per heavy atom. The van der Waals surface area contributed by atoms with Gasteiger partial charge in [0.15, 0.2) is 0 Å². The maximum atomic E-state index is 12.0. The van der Waals surface area contributed by atoms with Gasteiger partial charge in [0.05, 0.1) is 9.71 Å². The fourth-order valence-corrected chi connectivity index (χ4v) is 2.00. The van der Waals surface area contributed by atoms with Gasteiger partial charge in [-0.3, -0.25) is 0 Å². The molecule has 0 amide bonds. The molecule has 0 bridgehead atoms. The summed E-state index contributed by atoms with van der Waals surface area (Å²) in [4.78, 5) is 0.680. The molecule has 1 N–H and O–H groups in total. The molecule has 14 heavy (non-hydrogen) atoms. The minimum atomic E-state index is -2.35. The summed E-state index contributed by atoms with van der Waals surface area (Å²) >= 11 is 0. The largest absolute Gasteiger partial charge is 0.449 e. The van der Waals surface area contributed by atoms with Gasteiger partial charge in [-0.15, -0.1) is 0 Å². The quantitative estimate of drug-likeness (QED) is 0.525. The van der Waals surface area contributed by atoms with Crippen LogP contribution >= 0.6 is 0 Å². The molecule has 0 aromatic heterocycles. The number of rotatable bonds is 3. The van der Waals surface area contributed by atoms with Crippen LogP contribution in [0.25, 0.3) is 0 Å². The Morgan fingerprint density at radius 2 is 1.86 bits per heavy atom. The van der Waals surface area contributed by atoms with Crippen LogP contribution < -0.4 is 5.46 Å². The fraction of sp³-hybridized carbons (Fsp3) is 0.222. The van der Waals surface area contributed by atoms with Gasteiger partial charge in [0.25, 0.3) is 0 Å². The zero-order valence-corrected chi connectivity index (χ0v) is 9.25. The maximum absolute atomic E-state index is 12.0. The molecule has 0 aliphatic rings. The molecule has 5 heteroatoms. The second-order valence-electron chi connectivity index (χ2n) is 3.25. The van der Waals surface area contributed by atoms with Crippen molar-refractivity contribution in [2.24, 2.45) is 0 Å². The normalized spacial score (nSPS) is 15.1. The third kappa shape index (κ3) is 2.18. The number of benzene rings is 1. The topological polar surface area (TPSA) is 40.5 Å². The lowest BCUT2D eigenvalue weighted by molar-refractivity contribution is 0.599. The first kappa shape index (κ1) is 11.3. The van der Waals surface area contributed by atoms with Gasteiger partial charge in [-0.2, -0.15) is 0 Å². The summed E-state index contributed by atoms with van der Waals surface area (Å²) < 4.78 is 13.6. The zero-order chi connectivity index (χ0) is 10.8. The summed E-state index contributed by atoms with van der Waals surface area (Å²) in [5.41, 5.74) is 0.808. The second kappa shape index (κ2) is 4.17. The van der Waals surface area contributed by atoms with Gasteiger partial charge in [0, 0.05) is 4.90 Å². The van der Waals surface area contributed by atoms with Crippen molar-refractivity contribution in [2.45, 2.75) is 4.90 Å². The first-order valence-corrected chi connectivity index (χ1v) is 5.91. The molecule has 0 saturated heterocycles. The fourth-order valence-electron chi connectivity index (χ4n) is 1.02. The highest BCUT2D eigenvalue weighted by molar-refractivity contribution is 7.98. The molecule has 0 spiro atoms. The van der Waals surface area contributed by atoms with Gasteiger partial charge in [-0.1, -0.05) is 17.6 Å². The van der Waals surface area contributed by atoms with Crippen LogP contribution in [0.4, 0.5) is 0 Å². The van der Waals surface area contributed by atoms with E-state index in [1.165, 1.54) is 0 Å². The summed E-state index contributed by atoms with van der Waals surface area (Å²) in [5.74, 6) is 3.69. The Bertz CT molecular complexity index is 397. The van der Waals surface area contributed by atoms with Crippen molar-refractivity contribution in [3.05, 3.63) is 24.3 Å². The Balaban J connectivity index is 3.10. The Kier molecular flexibility index (Phi) is 3.36. The molecular weight excluding hydrogens is 197 g/mol. The van der Waals surface area contributed by atoms with Crippen molar-refractivity contribution >= 4 is 28.5 Å². The maximum Gasteiger partial charge on any atom is 0.304 e. The first-order valence-electron chi connectivity index (χ1n) is 4.23. The molecule has 0 aliphatic heterocycles. The molecule has 1 aromatic carbocycles. The molecule has 0 radical (unpaired) electrons. The van der Waals surface area contributed by atoms with E-state index >= 15 is 0 Å². The van der Waals surface area contributed by atoms with E-state index in [-0.39, 0.29) is 7.48 Å². The summed E-state index contributed by atoms with van der Waals surface area (Å²) in [5, 5.41) is 8.84. The zero-order valence-electron chi connectivity index (χ0n) is 8.43. The van der Waals surface area contributed by atoms with Crippen LogP contribution in [-0.2, 0) is 9.71 Å². The monoisotopic (exact) mass is 211 g/mol. The molecule has 1 rings (SSSR count). The highest BCUT2D eigenvalue weighted by Crippen LogP contribution is 2.10. The smallest absolute Gasteiger partial charge is 0.304 e. The highest BCUT2D eigenvalue weighted by Gasteiger charge is 2.09. The van der Waals surface area contributed by atoms with E-state index in [9.17, 15) is 4.21 Å². The molecule has 0 fully saturated rings. The average molecular weight is 211 g/mol. The second-order valence-corrected chi connectivity index (χ2v) is 5.74. The molecule has 1 atom stereocenters. The van der Waals surface area contributed by atoms with Crippen molar-refractivity contribution in [2.75, 3.05) is 14.1 Å². The molecule has 0 heterocycles. The number of nitrogens with zero attached hydrogens (tertiary/aromatic N) is 1.